The molecule has 1 fully saturated rings. The standard InChI is InChI=1S/C28H32O5Si/c1-27(2,3)34(22-13-7-4-8-14-22,23-15-9-5-10-16-23)32-20-21-19-24(25(29)33-21)28(26(30)31)17-11-6-12-18-28/h4-17,21,24H,18-20H2,1-3H3,(H,30,31)/t21-,24?,28?/m0/s1. The van der Waals surface area contributed by atoms with E-state index in [1.54, 1.807) is 18.2 Å². The number of carboxylic acid groups (broad SMARTS) is 1. The Labute approximate surface area is 202 Å². The number of aliphatic carboxylic acids is 1. The van der Waals surface area contributed by atoms with Gasteiger partial charge in [-0.15, -0.1) is 0 Å². The highest BCUT2D eigenvalue weighted by Gasteiger charge is 2.54. The van der Waals surface area contributed by atoms with E-state index >= 15 is 0 Å². The number of esters is 1. The number of hydrogen-bond acceptors (Lipinski definition) is 4. The van der Waals surface area contributed by atoms with Gasteiger partial charge < -0.3 is 14.3 Å². The topological polar surface area (TPSA) is 72.8 Å². The predicted octanol–water partition coefficient (Wildman–Crippen LogP) is 4.08. The molecule has 1 aliphatic heterocycles. The molecule has 2 aliphatic rings. The average molecular weight is 477 g/mol. The van der Waals surface area contributed by atoms with Gasteiger partial charge >= 0.3 is 11.9 Å². The molecule has 2 unspecified atom stereocenters. The van der Waals surface area contributed by atoms with Gasteiger partial charge in [-0.25, -0.2) is 0 Å². The van der Waals surface area contributed by atoms with Crippen LogP contribution in [0.2, 0.25) is 5.04 Å². The molecule has 178 valence electrons. The largest absolute Gasteiger partial charge is 0.481 e. The van der Waals surface area contributed by atoms with Crippen molar-refractivity contribution >= 4 is 30.6 Å². The number of hydrogen-bond donors (Lipinski definition) is 1. The Morgan fingerprint density at radius 3 is 2.12 bits per heavy atom. The third-order valence-electron chi connectivity index (χ3n) is 7.08. The molecule has 3 atom stereocenters. The summed E-state index contributed by atoms with van der Waals surface area (Å²) in [6.07, 6.45) is 7.06. The van der Waals surface area contributed by atoms with Crippen LogP contribution in [0.1, 0.15) is 33.6 Å². The minimum atomic E-state index is -2.77. The monoisotopic (exact) mass is 476 g/mol. The van der Waals surface area contributed by atoms with E-state index in [9.17, 15) is 14.7 Å². The predicted molar refractivity (Wildman–Crippen MR) is 135 cm³/mol. The fourth-order valence-electron chi connectivity index (χ4n) is 5.36. The Hall–Kier alpha value is -2.96. The van der Waals surface area contributed by atoms with Gasteiger partial charge in [0, 0.05) is 6.42 Å². The van der Waals surface area contributed by atoms with Crippen LogP contribution in [-0.4, -0.2) is 38.1 Å². The second kappa shape index (κ2) is 9.35. The summed E-state index contributed by atoms with van der Waals surface area (Å²) in [4.78, 5) is 25.1. The van der Waals surface area contributed by atoms with E-state index in [0.717, 1.165) is 10.4 Å². The van der Waals surface area contributed by atoms with Crippen LogP contribution in [0.25, 0.3) is 0 Å². The van der Waals surface area contributed by atoms with Gasteiger partial charge in [-0.2, -0.15) is 0 Å². The van der Waals surface area contributed by atoms with Crippen molar-refractivity contribution in [1.29, 1.82) is 0 Å². The summed E-state index contributed by atoms with van der Waals surface area (Å²) in [7, 11) is -2.77. The third kappa shape index (κ3) is 4.16. The molecule has 0 aromatic heterocycles. The molecular weight excluding hydrogens is 444 g/mol. The zero-order chi connectivity index (χ0) is 24.4. The number of ether oxygens (including phenoxy) is 1. The lowest BCUT2D eigenvalue weighted by Gasteiger charge is -2.43. The zero-order valence-corrected chi connectivity index (χ0v) is 20.9. The van der Waals surface area contributed by atoms with E-state index in [1.165, 1.54) is 0 Å². The van der Waals surface area contributed by atoms with E-state index in [-0.39, 0.29) is 18.1 Å². The first-order valence-corrected chi connectivity index (χ1v) is 13.6. The van der Waals surface area contributed by atoms with Crippen LogP contribution in [0, 0.1) is 11.3 Å². The molecular formula is C28H32O5Si. The molecule has 0 amide bonds. The third-order valence-corrected chi connectivity index (χ3v) is 12.1. The molecule has 6 heteroatoms. The maximum absolute atomic E-state index is 12.9. The number of carboxylic acids is 1. The summed E-state index contributed by atoms with van der Waals surface area (Å²) in [5.41, 5.74) is -1.27. The number of allylic oxidation sites excluding steroid dienone is 3. The molecule has 2 aromatic rings. The van der Waals surface area contributed by atoms with Crippen LogP contribution >= 0.6 is 0 Å². The number of rotatable bonds is 7. The first-order chi connectivity index (χ1) is 16.2. The van der Waals surface area contributed by atoms with E-state index in [0.29, 0.717) is 6.42 Å². The highest BCUT2D eigenvalue weighted by Crippen LogP contribution is 2.44. The smallest absolute Gasteiger partial charge is 0.314 e. The summed E-state index contributed by atoms with van der Waals surface area (Å²) in [5.74, 6) is -2.19. The second-order valence-corrected chi connectivity index (χ2v) is 14.5. The Morgan fingerprint density at radius 1 is 1.06 bits per heavy atom. The van der Waals surface area contributed by atoms with Crippen molar-refractivity contribution < 1.29 is 23.9 Å². The first-order valence-electron chi connectivity index (χ1n) is 11.7. The summed E-state index contributed by atoms with van der Waals surface area (Å²) in [6, 6.07) is 20.6. The summed E-state index contributed by atoms with van der Waals surface area (Å²) < 4.78 is 12.6. The molecule has 5 nitrogen and oxygen atoms in total. The van der Waals surface area contributed by atoms with Crippen molar-refractivity contribution in [2.45, 2.75) is 44.8 Å². The van der Waals surface area contributed by atoms with Crippen molar-refractivity contribution in [2.75, 3.05) is 6.61 Å². The molecule has 4 rings (SSSR count). The molecule has 1 aliphatic carbocycles. The normalized spacial score (nSPS) is 24.7. The SMILES string of the molecule is CC(C)(C)[Si](OC[C@@H]1CC(C2(C(=O)O)C=CC=CC2)C(=O)O1)(c1ccccc1)c1ccccc1. The minimum absolute atomic E-state index is 0.198. The van der Waals surface area contributed by atoms with Gasteiger partial charge in [0.25, 0.3) is 8.32 Å². The van der Waals surface area contributed by atoms with Crippen molar-refractivity contribution in [3.8, 4) is 0 Å². The zero-order valence-electron chi connectivity index (χ0n) is 19.9. The van der Waals surface area contributed by atoms with Gasteiger partial charge in [0.15, 0.2) is 0 Å². The minimum Gasteiger partial charge on any atom is -0.481 e. The second-order valence-electron chi connectivity index (χ2n) is 10.2. The van der Waals surface area contributed by atoms with Gasteiger partial charge in [0.1, 0.15) is 11.5 Å². The lowest BCUT2D eigenvalue weighted by Crippen LogP contribution is -2.67. The van der Waals surface area contributed by atoms with Crippen LogP contribution in [0.5, 0.6) is 0 Å². The molecule has 0 radical (unpaired) electrons. The lowest BCUT2D eigenvalue weighted by molar-refractivity contribution is -0.157. The quantitative estimate of drug-likeness (QED) is 0.482. The molecule has 0 bridgehead atoms. The first kappa shape index (κ1) is 24.2. The van der Waals surface area contributed by atoms with Crippen LogP contribution in [0.4, 0.5) is 0 Å². The lowest BCUT2D eigenvalue weighted by atomic mass is 9.70. The molecule has 34 heavy (non-hydrogen) atoms. The van der Waals surface area contributed by atoms with Crippen molar-refractivity contribution in [3.63, 3.8) is 0 Å². The molecule has 1 N–H and O–H groups in total. The van der Waals surface area contributed by atoms with Crippen molar-refractivity contribution in [1.82, 2.24) is 0 Å². The maximum Gasteiger partial charge on any atom is 0.314 e. The number of carbonyl (C=O) groups is 2. The van der Waals surface area contributed by atoms with Gasteiger partial charge in [0.05, 0.1) is 12.5 Å². The van der Waals surface area contributed by atoms with Gasteiger partial charge in [0.2, 0.25) is 0 Å². The fourth-order valence-corrected chi connectivity index (χ4v) is 9.95. The highest BCUT2D eigenvalue weighted by atomic mass is 28.4. The number of cyclic esters (lactones) is 1. The van der Waals surface area contributed by atoms with Gasteiger partial charge in [-0.3, -0.25) is 9.59 Å². The number of carbonyl (C=O) groups excluding carboxylic acids is 1. The van der Waals surface area contributed by atoms with Crippen molar-refractivity contribution in [3.05, 3.63) is 85.0 Å². The molecule has 2 aromatic carbocycles. The Kier molecular flexibility index (Phi) is 6.65. The summed E-state index contributed by atoms with van der Waals surface area (Å²) in [5, 5.41) is 12.1. The molecule has 0 saturated carbocycles. The van der Waals surface area contributed by atoms with Gasteiger partial charge in [-0.1, -0.05) is 106 Å². The Morgan fingerprint density at radius 2 is 1.65 bits per heavy atom. The van der Waals surface area contributed by atoms with E-state index in [1.807, 2.05) is 42.5 Å². The number of benzene rings is 2. The summed E-state index contributed by atoms with van der Waals surface area (Å²) in [6.45, 7) is 6.81. The average Bonchev–Trinajstić information content (AvgIpc) is 3.21. The van der Waals surface area contributed by atoms with Crippen molar-refractivity contribution in [2.24, 2.45) is 11.3 Å². The summed E-state index contributed by atoms with van der Waals surface area (Å²) >= 11 is 0. The van der Waals surface area contributed by atoms with Crippen LogP contribution < -0.4 is 10.4 Å². The maximum atomic E-state index is 12.9. The highest BCUT2D eigenvalue weighted by molar-refractivity contribution is 6.99. The van der Waals surface area contributed by atoms with E-state index < -0.39 is 37.7 Å². The molecule has 1 saturated heterocycles. The van der Waals surface area contributed by atoms with Crippen LogP contribution in [-0.2, 0) is 18.8 Å². The Bertz CT molecular complexity index is 1050. The van der Waals surface area contributed by atoms with E-state index in [4.69, 9.17) is 9.16 Å². The van der Waals surface area contributed by atoms with E-state index in [2.05, 4.69) is 45.0 Å². The van der Waals surface area contributed by atoms with Crippen LogP contribution in [0.15, 0.2) is 85.0 Å². The molecule has 1 heterocycles. The van der Waals surface area contributed by atoms with Gasteiger partial charge in [-0.05, 0) is 21.8 Å². The Balaban J connectivity index is 1.64. The molecule has 0 spiro atoms. The van der Waals surface area contributed by atoms with Crippen LogP contribution in [0.3, 0.4) is 0 Å². The fraction of sp³-hybridized carbons (Fsp3) is 0.357.